The number of nitrogens with one attached hydrogen (secondary N) is 1. The molecule has 0 saturated carbocycles. The molecule has 2 heterocycles. The van der Waals surface area contributed by atoms with Gasteiger partial charge in [0, 0.05) is 17.9 Å². The van der Waals surface area contributed by atoms with E-state index in [0.717, 1.165) is 33.8 Å². The van der Waals surface area contributed by atoms with Crippen molar-refractivity contribution >= 4 is 45.5 Å². The van der Waals surface area contributed by atoms with Crippen molar-refractivity contribution in [2.24, 2.45) is 0 Å². The van der Waals surface area contributed by atoms with E-state index in [1.165, 1.54) is 28.7 Å². The Hall–Kier alpha value is -2.38. The number of aromatic nitrogens is 2. The molecule has 1 aliphatic heterocycles. The molecule has 0 spiro atoms. The summed E-state index contributed by atoms with van der Waals surface area (Å²) in [4.78, 5) is 14.7. The van der Waals surface area contributed by atoms with Crippen LogP contribution >= 0.6 is 23.1 Å². The molecular formula is C19H18N4OS2. The fourth-order valence-corrected chi connectivity index (χ4v) is 4.92. The Morgan fingerprint density at radius 2 is 1.92 bits per heavy atom. The van der Waals surface area contributed by atoms with Gasteiger partial charge in [-0.25, -0.2) is 0 Å². The van der Waals surface area contributed by atoms with Crippen LogP contribution in [0.3, 0.4) is 0 Å². The highest BCUT2D eigenvalue weighted by Gasteiger charge is 2.28. The molecule has 4 rings (SSSR count). The lowest BCUT2D eigenvalue weighted by molar-refractivity contribution is -0.117. The highest BCUT2D eigenvalue weighted by molar-refractivity contribution is 8.02. The molecule has 5 nitrogen and oxygen atoms in total. The summed E-state index contributed by atoms with van der Waals surface area (Å²) in [6, 6.07) is 18.0. The van der Waals surface area contributed by atoms with Gasteiger partial charge in [0.15, 0.2) is 4.34 Å². The van der Waals surface area contributed by atoms with Crippen molar-refractivity contribution < 1.29 is 4.79 Å². The van der Waals surface area contributed by atoms with Gasteiger partial charge in [-0.1, -0.05) is 59.5 Å². The minimum absolute atomic E-state index is 0.118. The van der Waals surface area contributed by atoms with Crippen molar-refractivity contribution in [1.29, 1.82) is 0 Å². The standard InChI is InChI=1S/C19H18N4OS2/c1-13(17(24)23-12-11-14-7-5-6-10-16(14)23)25-19-22-21-18(26-19)20-15-8-3-2-4-9-15/h2-10,13H,11-12H2,1H3,(H,20,21)/t13-/m0/s1. The van der Waals surface area contributed by atoms with E-state index < -0.39 is 0 Å². The number of thioether (sulfide) groups is 1. The average Bonchev–Trinajstić information content (AvgIpc) is 3.29. The predicted octanol–water partition coefficient (Wildman–Crippen LogP) is 4.35. The number of hydrogen-bond acceptors (Lipinski definition) is 6. The molecule has 1 aromatic heterocycles. The van der Waals surface area contributed by atoms with E-state index in [9.17, 15) is 4.79 Å². The molecule has 0 radical (unpaired) electrons. The first-order valence-corrected chi connectivity index (χ1v) is 10.1. The fourth-order valence-electron chi connectivity index (χ4n) is 2.94. The summed E-state index contributed by atoms with van der Waals surface area (Å²) < 4.78 is 0.789. The monoisotopic (exact) mass is 382 g/mol. The quantitative estimate of drug-likeness (QED) is 0.665. The van der Waals surface area contributed by atoms with Crippen molar-refractivity contribution in [2.45, 2.75) is 22.9 Å². The van der Waals surface area contributed by atoms with Gasteiger partial charge in [-0.3, -0.25) is 4.79 Å². The molecule has 0 saturated heterocycles. The molecular weight excluding hydrogens is 364 g/mol. The minimum atomic E-state index is -0.210. The number of nitrogens with zero attached hydrogens (tertiary/aromatic N) is 3. The largest absolute Gasteiger partial charge is 0.330 e. The average molecular weight is 383 g/mol. The van der Waals surface area contributed by atoms with Gasteiger partial charge in [-0.05, 0) is 37.1 Å². The van der Waals surface area contributed by atoms with Crippen molar-refractivity contribution in [3.63, 3.8) is 0 Å². The Bertz CT molecular complexity index is 913. The molecule has 0 fully saturated rings. The van der Waals surface area contributed by atoms with Gasteiger partial charge < -0.3 is 10.2 Å². The lowest BCUT2D eigenvalue weighted by Gasteiger charge is -2.20. The summed E-state index contributed by atoms with van der Waals surface area (Å²) in [6.07, 6.45) is 0.920. The molecule has 0 aliphatic carbocycles. The normalized spacial score (nSPS) is 14.1. The molecule has 3 aromatic rings. The van der Waals surface area contributed by atoms with E-state index in [2.05, 4.69) is 21.6 Å². The zero-order valence-corrected chi connectivity index (χ0v) is 15.9. The Labute approximate surface area is 160 Å². The molecule has 1 atom stereocenters. The second-order valence-corrected chi connectivity index (χ2v) is 8.56. The summed E-state index contributed by atoms with van der Waals surface area (Å²) in [7, 11) is 0. The highest BCUT2D eigenvalue weighted by atomic mass is 32.2. The van der Waals surface area contributed by atoms with Gasteiger partial charge >= 0.3 is 0 Å². The van der Waals surface area contributed by atoms with Crippen molar-refractivity contribution in [1.82, 2.24) is 10.2 Å². The van der Waals surface area contributed by atoms with Gasteiger partial charge in [0.05, 0.1) is 5.25 Å². The zero-order chi connectivity index (χ0) is 17.9. The van der Waals surface area contributed by atoms with Crippen molar-refractivity contribution in [3.05, 3.63) is 60.2 Å². The smallest absolute Gasteiger partial charge is 0.240 e. The zero-order valence-electron chi connectivity index (χ0n) is 14.3. The third kappa shape index (κ3) is 3.59. The van der Waals surface area contributed by atoms with Crippen molar-refractivity contribution in [2.75, 3.05) is 16.8 Å². The number of para-hydroxylation sites is 2. The van der Waals surface area contributed by atoms with Crippen LogP contribution in [0, 0.1) is 0 Å². The van der Waals surface area contributed by atoms with Crippen LogP contribution in [0.15, 0.2) is 58.9 Å². The summed E-state index contributed by atoms with van der Waals surface area (Å²) >= 11 is 2.92. The van der Waals surface area contributed by atoms with Crippen LogP contribution in [0.4, 0.5) is 16.5 Å². The molecule has 0 bridgehead atoms. The summed E-state index contributed by atoms with van der Waals surface area (Å²) in [5, 5.41) is 12.1. The second kappa shape index (κ2) is 7.47. The van der Waals surface area contributed by atoms with Crippen LogP contribution in [-0.4, -0.2) is 27.9 Å². The first-order chi connectivity index (χ1) is 12.7. The third-order valence-corrected chi connectivity index (χ3v) is 6.22. The van der Waals surface area contributed by atoms with Crippen LogP contribution in [0.1, 0.15) is 12.5 Å². The molecule has 2 aromatic carbocycles. The number of fused-ring (bicyclic) bond motifs is 1. The maximum atomic E-state index is 12.9. The number of amides is 1. The number of benzene rings is 2. The number of carbonyl (C=O) groups is 1. The summed E-state index contributed by atoms with van der Waals surface area (Å²) in [5.74, 6) is 0.118. The predicted molar refractivity (Wildman–Crippen MR) is 107 cm³/mol. The van der Waals surface area contributed by atoms with Gasteiger partial charge in [0.25, 0.3) is 0 Å². The van der Waals surface area contributed by atoms with E-state index in [0.29, 0.717) is 0 Å². The molecule has 7 heteroatoms. The van der Waals surface area contributed by atoms with Crippen LogP contribution in [0.25, 0.3) is 0 Å². The van der Waals surface area contributed by atoms with E-state index >= 15 is 0 Å². The minimum Gasteiger partial charge on any atom is -0.330 e. The number of carbonyl (C=O) groups excluding carboxylic acids is 1. The van der Waals surface area contributed by atoms with Crippen LogP contribution in [0.5, 0.6) is 0 Å². The van der Waals surface area contributed by atoms with Gasteiger partial charge in [0.1, 0.15) is 0 Å². The Morgan fingerprint density at radius 3 is 2.77 bits per heavy atom. The second-order valence-electron chi connectivity index (χ2n) is 5.99. The topological polar surface area (TPSA) is 58.1 Å². The van der Waals surface area contributed by atoms with E-state index in [1.54, 1.807) is 0 Å². The third-order valence-electron chi connectivity index (χ3n) is 4.21. The van der Waals surface area contributed by atoms with Crippen LogP contribution in [0.2, 0.25) is 0 Å². The first kappa shape index (κ1) is 17.1. The maximum Gasteiger partial charge on any atom is 0.240 e. The lowest BCUT2D eigenvalue weighted by atomic mass is 10.2. The maximum absolute atomic E-state index is 12.9. The van der Waals surface area contributed by atoms with Crippen LogP contribution in [-0.2, 0) is 11.2 Å². The van der Waals surface area contributed by atoms with Crippen LogP contribution < -0.4 is 10.2 Å². The summed E-state index contributed by atoms with van der Waals surface area (Å²) in [5.41, 5.74) is 3.25. The van der Waals surface area contributed by atoms with Gasteiger partial charge in [0.2, 0.25) is 11.0 Å². The number of hydrogen-bond donors (Lipinski definition) is 1. The SMILES string of the molecule is C[C@H](Sc1nnc(Nc2ccccc2)s1)C(=O)N1CCc2ccccc21. The van der Waals surface area contributed by atoms with Gasteiger partial charge in [-0.2, -0.15) is 0 Å². The molecule has 132 valence electrons. The van der Waals surface area contributed by atoms with Crippen molar-refractivity contribution in [3.8, 4) is 0 Å². The highest BCUT2D eigenvalue weighted by Crippen LogP contribution is 2.34. The summed E-state index contributed by atoms with van der Waals surface area (Å²) in [6.45, 7) is 2.68. The molecule has 1 aliphatic rings. The first-order valence-electron chi connectivity index (χ1n) is 8.42. The number of rotatable bonds is 5. The lowest BCUT2D eigenvalue weighted by Crippen LogP contribution is -2.35. The van der Waals surface area contributed by atoms with E-state index in [4.69, 9.17) is 0 Å². The Kier molecular flexibility index (Phi) is 4.90. The van der Waals surface area contributed by atoms with E-state index in [1.807, 2.05) is 60.4 Å². The number of anilines is 3. The Morgan fingerprint density at radius 1 is 1.15 bits per heavy atom. The molecule has 0 unspecified atom stereocenters. The fraction of sp³-hybridized carbons (Fsp3) is 0.211. The Balaban J connectivity index is 1.41. The molecule has 1 N–H and O–H groups in total. The molecule has 26 heavy (non-hydrogen) atoms. The van der Waals surface area contributed by atoms with E-state index in [-0.39, 0.29) is 11.2 Å². The van der Waals surface area contributed by atoms with Gasteiger partial charge in [-0.15, -0.1) is 10.2 Å². The molecule has 1 amide bonds.